The van der Waals surface area contributed by atoms with E-state index < -0.39 is 15.8 Å². The summed E-state index contributed by atoms with van der Waals surface area (Å²) in [5, 5.41) is 11.1. The molecule has 2 heterocycles. The van der Waals surface area contributed by atoms with Gasteiger partial charge in [0.1, 0.15) is 4.90 Å². The van der Waals surface area contributed by atoms with Crippen LogP contribution in [-0.2, 0) is 10.0 Å². The first kappa shape index (κ1) is 22.0. The summed E-state index contributed by atoms with van der Waals surface area (Å²) >= 11 is 9.34. The van der Waals surface area contributed by atoms with Gasteiger partial charge in [-0.1, -0.05) is 63.9 Å². The Morgan fingerprint density at radius 1 is 1.00 bits per heavy atom. The number of nitrogens with zero attached hydrogens (tertiary/aromatic N) is 2. The zero-order valence-electron chi connectivity index (χ0n) is 17.2. The molecule has 1 aromatic heterocycles. The summed E-state index contributed by atoms with van der Waals surface area (Å²) in [5.74, 6) is -0.670. The van der Waals surface area contributed by atoms with Crippen molar-refractivity contribution in [2.75, 3.05) is 13.1 Å². The lowest BCUT2D eigenvalue weighted by atomic mass is 10.1. The lowest BCUT2D eigenvalue weighted by molar-refractivity contribution is 0.0652. The van der Waals surface area contributed by atoms with Gasteiger partial charge in [0.2, 0.25) is 0 Å². The van der Waals surface area contributed by atoms with Crippen LogP contribution in [0.15, 0.2) is 76.1 Å². The lowest BCUT2D eigenvalue weighted by Crippen LogP contribution is -2.42. The van der Waals surface area contributed by atoms with Gasteiger partial charge in [-0.3, -0.25) is 4.79 Å². The SMILES string of the molecule is O=C(c1ccc2cc(-c3ccccc3)n(S(=O)(=O)c3cc(Br)cc(Cl)c3O)c2c1)N1CCC1. The number of benzene rings is 3. The summed E-state index contributed by atoms with van der Waals surface area (Å²) in [4.78, 5) is 14.2. The molecule has 1 amide bonds. The second-order valence-electron chi connectivity index (χ2n) is 7.82. The molecule has 1 saturated heterocycles. The summed E-state index contributed by atoms with van der Waals surface area (Å²) in [6, 6.07) is 18.6. The van der Waals surface area contributed by atoms with E-state index in [0.717, 1.165) is 6.42 Å². The highest BCUT2D eigenvalue weighted by Crippen LogP contribution is 2.39. The van der Waals surface area contributed by atoms with E-state index in [9.17, 15) is 18.3 Å². The molecule has 0 radical (unpaired) electrons. The maximum absolute atomic E-state index is 13.9. The average Bonchev–Trinajstić information content (AvgIpc) is 3.15. The van der Waals surface area contributed by atoms with Gasteiger partial charge in [0, 0.05) is 28.5 Å². The quantitative estimate of drug-likeness (QED) is 0.367. The number of aromatic nitrogens is 1. The van der Waals surface area contributed by atoms with Crippen LogP contribution >= 0.6 is 27.5 Å². The average molecular weight is 546 g/mol. The van der Waals surface area contributed by atoms with Gasteiger partial charge in [0.25, 0.3) is 15.9 Å². The minimum atomic E-state index is -4.30. The van der Waals surface area contributed by atoms with Crippen LogP contribution in [0.1, 0.15) is 16.8 Å². The van der Waals surface area contributed by atoms with Crippen molar-refractivity contribution >= 4 is 54.4 Å². The molecule has 1 N–H and O–H groups in total. The van der Waals surface area contributed by atoms with Crippen LogP contribution in [0.3, 0.4) is 0 Å². The molecule has 168 valence electrons. The predicted octanol–water partition coefficient (Wildman–Crippen LogP) is 5.51. The standard InChI is InChI=1S/C24H18BrClN2O4S/c25-18-13-19(26)23(29)22(14-18)33(31,32)28-20(15-5-2-1-3-6-15)11-16-7-8-17(12-21(16)28)24(30)27-9-4-10-27/h1-3,5-8,11-14,29H,4,9-10H2. The van der Waals surface area contributed by atoms with Crippen LogP contribution in [0.2, 0.25) is 5.02 Å². The van der Waals surface area contributed by atoms with Gasteiger partial charge < -0.3 is 10.0 Å². The number of likely N-dealkylation sites (tertiary alicyclic amines) is 1. The summed E-state index contributed by atoms with van der Waals surface area (Å²) in [6.45, 7) is 1.38. The number of phenols is 1. The van der Waals surface area contributed by atoms with Crippen LogP contribution < -0.4 is 0 Å². The van der Waals surface area contributed by atoms with Crippen molar-refractivity contribution in [1.82, 2.24) is 8.87 Å². The van der Waals surface area contributed by atoms with Gasteiger partial charge in [-0.05, 0) is 42.3 Å². The third-order valence-electron chi connectivity index (χ3n) is 5.73. The Hall–Kier alpha value is -2.81. The molecule has 1 fully saturated rings. The smallest absolute Gasteiger partial charge is 0.272 e. The van der Waals surface area contributed by atoms with Crippen molar-refractivity contribution in [3.05, 3.63) is 81.8 Å². The van der Waals surface area contributed by atoms with Crippen LogP contribution in [0.5, 0.6) is 5.75 Å². The van der Waals surface area contributed by atoms with E-state index in [0.29, 0.717) is 45.3 Å². The molecule has 5 rings (SSSR count). The summed E-state index contributed by atoms with van der Waals surface area (Å²) in [7, 11) is -4.30. The van der Waals surface area contributed by atoms with Gasteiger partial charge in [-0.25, -0.2) is 12.4 Å². The molecule has 4 aromatic rings. The molecule has 1 aliphatic rings. The first-order valence-electron chi connectivity index (χ1n) is 10.2. The second-order valence-corrected chi connectivity index (χ2v) is 10.9. The van der Waals surface area contributed by atoms with E-state index in [2.05, 4.69) is 15.9 Å². The number of carbonyl (C=O) groups excluding carboxylic acids is 1. The lowest BCUT2D eigenvalue weighted by Gasteiger charge is -2.30. The fourth-order valence-electron chi connectivity index (χ4n) is 3.92. The van der Waals surface area contributed by atoms with E-state index in [-0.39, 0.29) is 15.8 Å². The Morgan fingerprint density at radius 3 is 2.39 bits per heavy atom. The zero-order chi connectivity index (χ0) is 23.3. The molecular weight excluding hydrogens is 528 g/mol. The van der Waals surface area contributed by atoms with Gasteiger partial charge in [0.05, 0.1) is 16.2 Å². The Bertz CT molecular complexity index is 1510. The van der Waals surface area contributed by atoms with Gasteiger partial charge in [-0.2, -0.15) is 0 Å². The number of amides is 1. The number of aromatic hydroxyl groups is 1. The highest BCUT2D eigenvalue weighted by molar-refractivity contribution is 9.10. The van der Waals surface area contributed by atoms with Crippen LogP contribution in [0.25, 0.3) is 22.2 Å². The van der Waals surface area contributed by atoms with E-state index in [1.54, 1.807) is 41.3 Å². The highest BCUT2D eigenvalue weighted by Gasteiger charge is 2.29. The maximum Gasteiger partial charge on any atom is 0.272 e. The summed E-state index contributed by atoms with van der Waals surface area (Å²) in [6.07, 6.45) is 0.958. The third kappa shape index (κ3) is 3.72. The Morgan fingerprint density at radius 2 is 1.73 bits per heavy atom. The van der Waals surface area contributed by atoms with Crippen molar-refractivity contribution in [2.45, 2.75) is 11.3 Å². The number of rotatable bonds is 4. The highest BCUT2D eigenvalue weighted by atomic mass is 79.9. The summed E-state index contributed by atoms with van der Waals surface area (Å²) < 4.78 is 29.5. The molecule has 9 heteroatoms. The predicted molar refractivity (Wildman–Crippen MR) is 131 cm³/mol. The molecule has 0 atom stereocenters. The number of halogens is 2. The monoisotopic (exact) mass is 544 g/mol. The van der Waals surface area contributed by atoms with Crippen LogP contribution in [0, 0.1) is 0 Å². The van der Waals surface area contributed by atoms with E-state index in [1.807, 2.05) is 18.2 Å². The van der Waals surface area contributed by atoms with Crippen molar-refractivity contribution in [1.29, 1.82) is 0 Å². The fourth-order valence-corrected chi connectivity index (χ4v) is 6.60. The third-order valence-corrected chi connectivity index (χ3v) is 8.22. The molecule has 0 bridgehead atoms. The molecular formula is C24H18BrClN2O4S. The molecule has 0 unspecified atom stereocenters. The largest absolute Gasteiger partial charge is 0.505 e. The molecule has 6 nitrogen and oxygen atoms in total. The van der Waals surface area contributed by atoms with E-state index in [1.165, 1.54) is 16.1 Å². The summed E-state index contributed by atoms with van der Waals surface area (Å²) in [5.41, 5.74) is 1.84. The normalized spacial score (nSPS) is 13.8. The number of phenolic OH excluding ortho intramolecular Hbond substituents is 1. The first-order chi connectivity index (χ1) is 15.8. The fraction of sp³-hybridized carbons (Fsp3) is 0.125. The van der Waals surface area contributed by atoms with Crippen molar-refractivity contribution in [3.63, 3.8) is 0 Å². The van der Waals surface area contributed by atoms with Gasteiger partial charge >= 0.3 is 0 Å². The second kappa shape index (κ2) is 8.20. The molecule has 0 aliphatic carbocycles. The van der Waals surface area contributed by atoms with E-state index in [4.69, 9.17) is 11.6 Å². The Kier molecular flexibility index (Phi) is 5.47. The van der Waals surface area contributed by atoms with Crippen LogP contribution in [0.4, 0.5) is 0 Å². The van der Waals surface area contributed by atoms with Crippen molar-refractivity contribution in [2.24, 2.45) is 0 Å². The number of hydrogen-bond donors (Lipinski definition) is 1. The topological polar surface area (TPSA) is 79.6 Å². The minimum Gasteiger partial charge on any atom is -0.505 e. The minimum absolute atomic E-state index is 0.0886. The maximum atomic E-state index is 13.9. The molecule has 33 heavy (non-hydrogen) atoms. The van der Waals surface area contributed by atoms with Crippen LogP contribution in [-0.4, -0.2) is 41.4 Å². The first-order valence-corrected chi connectivity index (χ1v) is 12.8. The molecule has 1 aliphatic heterocycles. The number of carbonyl (C=O) groups is 1. The Labute approximate surface area is 204 Å². The van der Waals surface area contributed by atoms with Crippen molar-refractivity contribution in [3.8, 4) is 17.0 Å². The zero-order valence-corrected chi connectivity index (χ0v) is 20.4. The number of fused-ring (bicyclic) bond motifs is 1. The molecule has 0 saturated carbocycles. The van der Waals surface area contributed by atoms with Gasteiger partial charge in [0.15, 0.2) is 5.75 Å². The van der Waals surface area contributed by atoms with E-state index >= 15 is 0 Å². The van der Waals surface area contributed by atoms with Gasteiger partial charge in [-0.15, -0.1) is 0 Å². The molecule has 0 spiro atoms. The molecule has 3 aromatic carbocycles. The van der Waals surface area contributed by atoms with Crippen molar-refractivity contribution < 1.29 is 18.3 Å². The Balaban J connectivity index is 1.81. The number of hydrogen-bond acceptors (Lipinski definition) is 4.